The Kier molecular flexibility index (Phi) is 4.34. The van der Waals surface area contributed by atoms with Crippen molar-refractivity contribution in [2.24, 2.45) is 0 Å². The van der Waals surface area contributed by atoms with Gasteiger partial charge in [0.1, 0.15) is 17.9 Å². The number of anilines is 1. The number of hydrogen-bond donors (Lipinski definition) is 1. The van der Waals surface area contributed by atoms with Crippen molar-refractivity contribution in [2.75, 3.05) is 18.5 Å². The number of nitrogens with zero attached hydrogens (tertiary/aromatic N) is 2. The first-order valence-electron chi connectivity index (χ1n) is 6.55. The van der Waals surface area contributed by atoms with Crippen LogP contribution in [0.3, 0.4) is 0 Å². The van der Waals surface area contributed by atoms with Crippen molar-refractivity contribution in [2.45, 2.75) is 20.8 Å². The summed E-state index contributed by atoms with van der Waals surface area (Å²) in [6.45, 7) is 7.56. The van der Waals surface area contributed by atoms with Crippen LogP contribution in [0.2, 0.25) is 0 Å². The summed E-state index contributed by atoms with van der Waals surface area (Å²) in [6.07, 6.45) is 1.59. The molecule has 0 fully saturated rings. The maximum Gasteiger partial charge on any atom is 0.132 e. The predicted molar refractivity (Wildman–Crippen MR) is 77.5 cm³/mol. The summed E-state index contributed by atoms with van der Waals surface area (Å²) in [7, 11) is 0. The van der Waals surface area contributed by atoms with Gasteiger partial charge in [-0.15, -0.1) is 0 Å². The molecule has 0 unspecified atom stereocenters. The van der Waals surface area contributed by atoms with Crippen LogP contribution < -0.4 is 10.1 Å². The van der Waals surface area contributed by atoms with Gasteiger partial charge < -0.3 is 10.1 Å². The van der Waals surface area contributed by atoms with Crippen molar-refractivity contribution in [3.8, 4) is 17.0 Å². The highest BCUT2D eigenvalue weighted by molar-refractivity contribution is 5.68. The minimum atomic E-state index is 0.662. The third-order valence-corrected chi connectivity index (χ3v) is 2.85. The summed E-state index contributed by atoms with van der Waals surface area (Å²) in [5, 5.41) is 3.24. The van der Waals surface area contributed by atoms with E-state index in [1.807, 2.05) is 38.1 Å². The lowest BCUT2D eigenvalue weighted by molar-refractivity contribution is 0.340. The lowest BCUT2D eigenvalue weighted by Gasteiger charge is -2.11. The smallest absolute Gasteiger partial charge is 0.132 e. The van der Waals surface area contributed by atoms with Crippen molar-refractivity contribution >= 4 is 5.82 Å². The molecule has 0 saturated heterocycles. The molecule has 100 valence electrons. The number of ether oxygens (including phenoxy) is 1. The summed E-state index contributed by atoms with van der Waals surface area (Å²) < 4.78 is 5.53. The van der Waals surface area contributed by atoms with Crippen molar-refractivity contribution in [1.29, 1.82) is 0 Å². The fourth-order valence-corrected chi connectivity index (χ4v) is 1.99. The van der Waals surface area contributed by atoms with Crippen molar-refractivity contribution < 1.29 is 4.74 Å². The first-order valence-corrected chi connectivity index (χ1v) is 6.55. The maximum absolute atomic E-state index is 5.53. The fraction of sp³-hybridized carbons (Fsp3) is 0.333. The third-order valence-electron chi connectivity index (χ3n) is 2.85. The molecule has 1 aromatic heterocycles. The molecule has 1 heterocycles. The molecule has 4 heteroatoms. The predicted octanol–water partition coefficient (Wildman–Crippen LogP) is 3.28. The van der Waals surface area contributed by atoms with Crippen LogP contribution in [0.15, 0.2) is 30.6 Å². The molecule has 4 nitrogen and oxygen atoms in total. The summed E-state index contributed by atoms with van der Waals surface area (Å²) in [5.41, 5.74) is 3.04. The molecule has 2 rings (SSSR count). The van der Waals surface area contributed by atoms with E-state index >= 15 is 0 Å². The first-order chi connectivity index (χ1) is 9.26. The number of benzene rings is 1. The van der Waals surface area contributed by atoms with Crippen molar-refractivity contribution in [1.82, 2.24) is 9.97 Å². The quantitative estimate of drug-likeness (QED) is 0.893. The standard InChI is InChI=1S/C15H19N3O/c1-4-16-15-11(3)14(17-10-18-15)12-7-6-8-13(9-12)19-5-2/h6-10H,4-5H2,1-3H3,(H,16,17,18). The summed E-state index contributed by atoms with van der Waals surface area (Å²) >= 11 is 0. The topological polar surface area (TPSA) is 47.0 Å². The number of rotatable bonds is 5. The highest BCUT2D eigenvalue weighted by Gasteiger charge is 2.09. The number of aromatic nitrogens is 2. The summed E-state index contributed by atoms with van der Waals surface area (Å²) in [6, 6.07) is 7.98. The van der Waals surface area contributed by atoms with E-state index < -0.39 is 0 Å². The Labute approximate surface area is 113 Å². The monoisotopic (exact) mass is 257 g/mol. The van der Waals surface area contributed by atoms with Gasteiger partial charge >= 0.3 is 0 Å². The van der Waals surface area contributed by atoms with Crippen LogP contribution in [0.4, 0.5) is 5.82 Å². The SMILES string of the molecule is CCNc1ncnc(-c2cccc(OCC)c2)c1C. The first kappa shape index (κ1) is 13.3. The lowest BCUT2D eigenvalue weighted by atomic mass is 10.1. The molecule has 0 amide bonds. The molecular formula is C15H19N3O. The Morgan fingerprint density at radius 1 is 1.21 bits per heavy atom. The largest absolute Gasteiger partial charge is 0.494 e. The van der Waals surface area contributed by atoms with Crippen LogP contribution in [0.25, 0.3) is 11.3 Å². The maximum atomic E-state index is 5.53. The summed E-state index contributed by atoms with van der Waals surface area (Å²) in [4.78, 5) is 8.65. The van der Waals surface area contributed by atoms with E-state index in [1.54, 1.807) is 6.33 Å². The molecule has 0 atom stereocenters. The normalized spacial score (nSPS) is 10.3. The highest BCUT2D eigenvalue weighted by atomic mass is 16.5. The molecular weight excluding hydrogens is 238 g/mol. The Balaban J connectivity index is 2.41. The average molecular weight is 257 g/mol. The number of nitrogens with one attached hydrogen (secondary N) is 1. The zero-order chi connectivity index (χ0) is 13.7. The molecule has 1 N–H and O–H groups in total. The van der Waals surface area contributed by atoms with E-state index in [0.29, 0.717) is 6.61 Å². The van der Waals surface area contributed by atoms with Crippen LogP contribution in [0.1, 0.15) is 19.4 Å². The molecule has 0 aliphatic rings. The highest BCUT2D eigenvalue weighted by Crippen LogP contribution is 2.27. The molecule has 0 aliphatic carbocycles. The minimum absolute atomic E-state index is 0.662. The van der Waals surface area contributed by atoms with Gasteiger partial charge in [-0.1, -0.05) is 12.1 Å². The van der Waals surface area contributed by atoms with E-state index in [0.717, 1.165) is 34.9 Å². The molecule has 0 aliphatic heterocycles. The molecule has 1 aromatic carbocycles. The van der Waals surface area contributed by atoms with Crippen LogP contribution in [-0.4, -0.2) is 23.1 Å². The van der Waals surface area contributed by atoms with Crippen LogP contribution in [0, 0.1) is 6.92 Å². The van der Waals surface area contributed by atoms with Gasteiger partial charge in [-0.25, -0.2) is 9.97 Å². The zero-order valence-corrected chi connectivity index (χ0v) is 11.6. The molecule has 19 heavy (non-hydrogen) atoms. The van der Waals surface area contributed by atoms with Gasteiger partial charge in [0.05, 0.1) is 12.3 Å². The van der Waals surface area contributed by atoms with Crippen LogP contribution in [-0.2, 0) is 0 Å². The Bertz CT molecular complexity index is 555. The molecule has 0 radical (unpaired) electrons. The molecule has 0 saturated carbocycles. The van der Waals surface area contributed by atoms with Gasteiger partial charge in [-0.2, -0.15) is 0 Å². The fourth-order valence-electron chi connectivity index (χ4n) is 1.99. The van der Waals surface area contributed by atoms with Crippen molar-refractivity contribution in [3.63, 3.8) is 0 Å². The van der Waals surface area contributed by atoms with Gasteiger partial charge in [-0.05, 0) is 32.9 Å². The van der Waals surface area contributed by atoms with Crippen LogP contribution in [0.5, 0.6) is 5.75 Å². The van der Waals surface area contributed by atoms with E-state index in [4.69, 9.17) is 4.74 Å². The van der Waals surface area contributed by atoms with Gasteiger partial charge in [0.2, 0.25) is 0 Å². The van der Waals surface area contributed by atoms with Crippen LogP contribution >= 0.6 is 0 Å². The van der Waals surface area contributed by atoms with Gasteiger partial charge in [0.15, 0.2) is 0 Å². The van der Waals surface area contributed by atoms with E-state index in [-0.39, 0.29) is 0 Å². The Morgan fingerprint density at radius 2 is 2.05 bits per heavy atom. The van der Waals surface area contributed by atoms with Gasteiger partial charge in [-0.3, -0.25) is 0 Å². The van der Waals surface area contributed by atoms with Crippen molar-refractivity contribution in [3.05, 3.63) is 36.2 Å². The van der Waals surface area contributed by atoms with Gasteiger partial charge in [0, 0.05) is 17.7 Å². The second kappa shape index (κ2) is 6.18. The minimum Gasteiger partial charge on any atom is -0.494 e. The molecule has 0 bridgehead atoms. The van der Waals surface area contributed by atoms with E-state index in [1.165, 1.54) is 0 Å². The molecule has 2 aromatic rings. The number of hydrogen-bond acceptors (Lipinski definition) is 4. The summed E-state index contributed by atoms with van der Waals surface area (Å²) in [5.74, 6) is 1.75. The third kappa shape index (κ3) is 3.02. The second-order valence-electron chi connectivity index (χ2n) is 4.19. The Morgan fingerprint density at radius 3 is 2.79 bits per heavy atom. The molecule has 0 spiro atoms. The van der Waals surface area contributed by atoms with E-state index in [9.17, 15) is 0 Å². The van der Waals surface area contributed by atoms with E-state index in [2.05, 4.69) is 22.2 Å². The Hall–Kier alpha value is -2.10. The lowest BCUT2D eigenvalue weighted by Crippen LogP contribution is -2.03. The average Bonchev–Trinajstić information content (AvgIpc) is 2.42. The second-order valence-corrected chi connectivity index (χ2v) is 4.19. The van der Waals surface area contributed by atoms with Gasteiger partial charge in [0.25, 0.3) is 0 Å². The zero-order valence-electron chi connectivity index (χ0n) is 11.6.